The van der Waals surface area contributed by atoms with Crippen molar-refractivity contribution in [1.29, 1.82) is 0 Å². The highest BCUT2D eigenvalue weighted by molar-refractivity contribution is 5.26. The second kappa shape index (κ2) is 10.7. The molecule has 4 heteroatoms. The van der Waals surface area contributed by atoms with Crippen LogP contribution >= 0.6 is 0 Å². The quantitative estimate of drug-likeness (QED) is 0.609. The number of benzene rings is 1. The molecule has 0 aliphatic heterocycles. The number of hydrogen-bond donors (Lipinski definition) is 2. The Morgan fingerprint density at radius 2 is 1.75 bits per heavy atom. The molecule has 0 radical (unpaired) electrons. The van der Waals surface area contributed by atoms with Gasteiger partial charge in [0, 0.05) is 19.7 Å². The summed E-state index contributed by atoms with van der Waals surface area (Å²) >= 11 is 0. The van der Waals surface area contributed by atoms with Crippen molar-refractivity contribution in [2.45, 2.75) is 32.2 Å². The molecule has 1 aromatic carbocycles. The lowest BCUT2D eigenvalue weighted by atomic mass is 10.2. The summed E-state index contributed by atoms with van der Waals surface area (Å²) in [5, 5.41) is 8.71. The number of hydrogen-bond acceptors (Lipinski definition) is 4. The van der Waals surface area contributed by atoms with Crippen LogP contribution in [0, 0.1) is 0 Å². The fraction of sp³-hybridized carbons (Fsp3) is 0.625. The third kappa shape index (κ3) is 7.48. The molecule has 3 N–H and O–H groups in total. The topological polar surface area (TPSA) is 58.7 Å². The molecular formula is C16H28N2O2. The molecule has 0 aromatic heterocycles. The van der Waals surface area contributed by atoms with Gasteiger partial charge in [0.1, 0.15) is 5.75 Å². The molecule has 0 bridgehead atoms. The predicted octanol–water partition coefficient (Wildman–Crippen LogP) is 2.01. The maximum Gasteiger partial charge on any atom is 0.119 e. The zero-order chi connectivity index (χ0) is 14.6. The van der Waals surface area contributed by atoms with Gasteiger partial charge in [0.2, 0.25) is 0 Å². The summed E-state index contributed by atoms with van der Waals surface area (Å²) in [6.07, 6.45) is 4.19. The van der Waals surface area contributed by atoms with Gasteiger partial charge >= 0.3 is 0 Å². The van der Waals surface area contributed by atoms with E-state index in [4.69, 9.17) is 15.6 Å². The molecule has 0 atom stereocenters. The molecular weight excluding hydrogens is 252 g/mol. The molecule has 114 valence electrons. The molecule has 0 amide bonds. The standard InChI is InChI=1S/C16H28N2O2/c1-18(10-3-2-4-12-19)11-5-13-20-16-8-6-15(14-17)7-9-16/h6-9,19H,2-5,10-14,17H2,1H3. The second-order valence-electron chi connectivity index (χ2n) is 5.14. The van der Waals surface area contributed by atoms with E-state index in [0.717, 1.165) is 56.7 Å². The van der Waals surface area contributed by atoms with E-state index in [0.29, 0.717) is 13.2 Å². The minimum absolute atomic E-state index is 0.306. The number of nitrogens with two attached hydrogens (primary N) is 1. The number of rotatable bonds is 11. The number of nitrogens with zero attached hydrogens (tertiary/aromatic N) is 1. The molecule has 1 aromatic rings. The highest BCUT2D eigenvalue weighted by Crippen LogP contribution is 2.12. The van der Waals surface area contributed by atoms with Crippen molar-refractivity contribution in [2.75, 3.05) is 33.4 Å². The third-order valence-electron chi connectivity index (χ3n) is 3.31. The van der Waals surface area contributed by atoms with E-state index in [9.17, 15) is 0 Å². The maximum absolute atomic E-state index is 8.71. The summed E-state index contributed by atoms with van der Waals surface area (Å²) in [6, 6.07) is 7.95. The van der Waals surface area contributed by atoms with Crippen LogP contribution in [0.15, 0.2) is 24.3 Å². The van der Waals surface area contributed by atoms with Crippen LogP contribution in [0.25, 0.3) is 0 Å². The fourth-order valence-corrected chi connectivity index (χ4v) is 2.03. The van der Waals surface area contributed by atoms with Crippen LogP contribution in [-0.2, 0) is 6.54 Å². The zero-order valence-electron chi connectivity index (χ0n) is 12.6. The molecule has 0 spiro atoms. The van der Waals surface area contributed by atoms with Crippen LogP contribution in [0.4, 0.5) is 0 Å². The van der Waals surface area contributed by atoms with Crippen molar-refractivity contribution >= 4 is 0 Å². The van der Waals surface area contributed by atoms with Crippen molar-refractivity contribution < 1.29 is 9.84 Å². The van der Waals surface area contributed by atoms with Gasteiger partial charge in [-0.1, -0.05) is 12.1 Å². The molecule has 20 heavy (non-hydrogen) atoms. The van der Waals surface area contributed by atoms with Gasteiger partial charge in [-0.2, -0.15) is 0 Å². The lowest BCUT2D eigenvalue weighted by Crippen LogP contribution is -2.22. The Hall–Kier alpha value is -1.10. The van der Waals surface area contributed by atoms with E-state index in [1.54, 1.807) is 0 Å². The normalized spacial score (nSPS) is 11.0. The van der Waals surface area contributed by atoms with Crippen molar-refractivity contribution in [3.63, 3.8) is 0 Å². The van der Waals surface area contributed by atoms with E-state index in [-0.39, 0.29) is 0 Å². The van der Waals surface area contributed by atoms with Crippen molar-refractivity contribution in [1.82, 2.24) is 4.90 Å². The van der Waals surface area contributed by atoms with Gasteiger partial charge in [-0.15, -0.1) is 0 Å². The third-order valence-corrected chi connectivity index (χ3v) is 3.31. The van der Waals surface area contributed by atoms with Gasteiger partial charge in [0.15, 0.2) is 0 Å². The Balaban J connectivity index is 2.05. The van der Waals surface area contributed by atoms with Gasteiger partial charge in [-0.25, -0.2) is 0 Å². The van der Waals surface area contributed by atoms with Crippen LogP contribution in [0.5, 0.6) is 5.75 Å². The minimum Gasteiger partial charge on any atom is -0.494 e. The summed E-state index contributed by atoms with van der Waals surface area (Å²) in [6.45, 7) is 3.75. The summed E-state index contributed by atoms with van der Waals surface area (Å²) in [7, 11) is 2.13. The molecule has 0 aliphatic rings. The molecule has 0 saturated carbocycles. The van der Waals surface area contributed by atoms with Crippen molar-refractivity contribution in [2.24, 2.45) is 5.73 Å². The van der Waals surface area contributed by atoms with Gasteiger partial charge in [-0.05, 0) is 57.0 Å². The second-order valence-corrected chi connectivity index (χ2v) is 5.14. The van der Waals surface area contributed by atoms with Crippen LogP contribution in [-0.4, -0.2) is 43.4 Å². The van der Waals surface area contributed by atoms with E-state index >= 15 is 0 Å². The summed E-state index contributed by atoms with van der Waals surface area (Å²) in [5.74, 6) is 0.910. The van der Waals surface area contributed by atoms with Gasteiger partial charge in [0.25, 0.3) is 0 Å². The SMILES string of the molecule is CN(CCCCCO)CCCOc1ccc(CN)cc1. The Morgan fingerprint density at radius 1 is 1.05 bits per heavy atom. The number of aliphatic hydroxyl groups is 1. The summed E-state index contributed by atoms with van der Waals surface area (Å²) in [5.41, 5.74) is 6.68. The van der Waals surface area contributed by atoms with E-state index in [1.807, 2.05) is 24.3 Å². The Kier molecular flexibility index (Phi) is 9.04. The predicted molar refractivity (Wildman–Crippen MR) is 82.9 cm³/mol. The largest absolute Gasteiger partial charge is 0.494 e. The van der Waals surface area contributed by atoms with Gasteiger partial charge in [-0.3, -0.25) is 0 Å². The molecule has 1 rings (SSSR count). The van der Waals surface area contributed by atoms with E-state index < -0.39 is 0 Å². The van der Waals surface area contributed by atoms with Gasteiger partial charge < -0.3 is 20.5 Å². The molecule has 0 saturated heterocycles. The first-order valence-corrected chi connectivity index (χ1v) is 7.47. The van der Waals surface area contributed by atoms with E-state index in [1.165, 1.54) is 0 Å². The monoisotopic (exact) mass is 280 g/mol. The lowest BCUT2D eigenvalue weighted by molar-refractivity contribution is 0.252. The first-order valence-electron chi connectivity index (χ1n) is 7.47. The average molecular weight is 280 g/mol. The van der Waals surface area contributed by atoms with Crippen molar-refractivity contribution in [3.8, 4) is 5.75 Å². The zero-order valence-corrected chi connectivity index (χ0v) is 12.6. The average Bonchev–Trinajstić information content (AvgIpc) is 2.49. The Bertz CT molecular complexity index is 341. The number of aliphatic hydroxyl groups excluding tert-OH is 1. The lowest BCUT2D eigenvalue weighted by Gasteiger charge is -2.16. The highest BCUT2D eigenvalue weighted by Gasteiger charge is 1.99. The summed E-state index contributed by atoms with van der Waals surface area (Å²) in [4.78, 5) is 2.32. The minimum atomic E-state index is 0.306. The number of unbranched alkanes of at least 4 members (excludes halogenated alkanes) is 2. The molecule has 4 nitrogen and oxygen atoms in total. The van der Waals surface area contributed by atoms with Crippen molar-refractivity contribution in [3.05, 3.63) is 29.8 Å². The van der Waals surface area contributed by atoms with Crippen LogP contribution in [0.1, 0.15) is 31.2 Å². The molecule has 0 unspecified atom stereocenters. The molecule has 0 heterocycles. The Labute approximate surface area is 122 Å². The van der Waals surface area contributed by atoms with Gasteiger partial charge in [0.05, 0.1) is 6.61 Å². The number of ether oxygens (including phenoxy) is 1. The van der Waals surface area contributed by atoms with Crippen LogP contribution < -0.4 is 10.5 Å². The van der Waals surface area contributed by atoms with Crippen LogP contribution in [0.2, 0.25) is 0 Å². The first kappa shape index (κ1) is 17.0. The summed E-state index contributed by atoms with van der Waals surface area (Å²) < 4.78 is 5.70. The molecule has 0 aliphatic carbocycles. The van der Waals surface area contributed by atoms with Crippen LogP contribution in [0.3, 0.4) is 0 Å². The fourth-order valence-electron chi connectivity index (χ4n) is 2.03. The Morgan fingerprint density at radius 3 is 2.40 bits per heavy atom. The van der Waals surface area contributed by atoms with E-state index in [2.05, 4.69) is 11.9 Å². The molecule has 0 fully saturated rings. The maximum atomic E-state index is 8.71. The smallest absolute Gasteiger partial charge is 0.119 e. The first-order chi connectivity index (χ1) is 9.76. The highest BCUT2D eigenvalue weighted by atomic mass is 16.5.